The summed E-state index contributed by atoms with van der Waals surface area (Å²) in [4.78, 5) is 22.6. The summed E-state index contributed by atoms with van der Waals surface area (Å²) in [5.74, 6) is -0.0749. The molecule has 0 fully saturated rings. The van der Waals surface area contributed by atoms with Crippen LogP contribution in [-0.4, -0.2) is 22.5 Å². The zero-order chi connectivity index (χ0) is 21.3. The first-order chi connectivity index (χ1) is 14.5. The number of carbonyl (C=O) groups is 1. The molecule has 3 rings (SSSR count). The highest BCUT2D eigenvalue weighted by atomic mass is 16.6. The van der Waals surface area contributed by atoms with Gasteiger partial charge in [0.05, 0.1) is 17.2 Å². The molecule has 0 radical (unpaired) electrons. The average molecular weight is 406 g/mol. The van der Waals surface area contributed by atoms with Crippen molar-refractivity contribution in [2.45, 2.75) is 19.3 Å². The Morgan fingerprint density at radius 1 is 1.00 bits per heavy atom. The Hall–Kier alpha value is -3.87. The second kappa shape index (κ2) is 10.1. The van der Waals surface area contributed by atoms with Crippen LogP contribution in [0.15, 0.2) is 72.8 Å². The van der Waals surface area contributed by atoms with Crippen LogP contribution in [0.3, 0.4) is 0 Å². The van der Waals surface area contributed by atoms with Gasteiger partial charge in [0.15, 0.2) is 0 Å². The van der Waals surface area contributed by atoms with Gasteiger partial charge in [0.25, 0.3) is 11.6 Å². The fraction of sp³-hybridized carbons (Fsp3) is 0.174. The zero-order valence-corrected chi connectivity index (χ0v) is 16.3. The number of unbranched alkanes of at least 4 members (excludes halogenated alkanes) is 1. The minimum absolute atomic E-state index is 0.0204. The molecule has 154 valence electrons. The summed E-state index contributed by atoms with van der Waals surface area (Å²) in [5.41, 5.74) is 1.41. The summed E-state index contributed by atoms with van der Waals surface area (Å²) in [5, 5.41) is 23.1. The molecule has 2 N–H and O–H groups in total. The number of nitro benzene ring substituents is 1. The molecule has 0 spiro atoms. The first-order valence-electron chi connectivity index (χ1n) is 9.58. The first kappa shape index (κ1) is 20.9. The van der Waals surface area contributed by atoms with Gasteiger partial charge in [0.2, 0.25) is 0 Å². The number of benzene rings is 3. The second-order valence-corrected chi connectivity index (χ2v) is 6.73. The molecule has 0 aliphatic carbocycles. The number of hydrogen-bond acceptors (Lipinski definition) is 5. The summed E-state index contributed by atoms with van der Waals surface area (Å²) in [6.07, 6.45) is 2.95. The number of carbonyl (C=O) groups excluding carboxylic acids is 1. The molecule has 0 aromatic heterocycles. The number of phenolic OH excluding ortho intramolecular Hbond substituents is 1. The van der Waals surface area contributed by atoms with Gasteiger partial charge >= 0.3 is 0 Å². The molecule has 3 aromatic rings. The van der Waals surface area contributed by atoms with Crippen LogP contribution in [-0.2, 0) is 6.42 Å². The van der Waals surface area contributed by atoms with E-state index in [0.29, 0.717) is 17.9 Å². The number of phenols is 1. The summed E-state index contributed by atoms with van der Waals surface area (Å²) < 4.78 is 5.71. The number of rotatable bonds is 9. The number of amides is 1. The van der Waals surface area contributed by atoms with E-state index < -0.39 is 10.8 Å². The van der Waals surface area contributed by atoms with Crippen molar-refractivity contribution in [1.29, 1.82) is 0 Å². The molecular formula is C23H22N2O5. The normalized spacial score (nSPS) is 10.4. The van der Waals surface area contributed by atoms with Crippen molar-refractivity contribution in [3.05, 3.63) is 94.0 Å². The number of anilines is 1. The number of aryl methyl sites for hydroxylation is 1. The van der Waals surface area contributed by atoms with Gasteiger partial charge in [-0.1, -0.05) is 30.3 Å². The fourth-order valence-electron chi connectivity index (χ4n) is 2.90. The van der Waals surface area contributed by atoms with Gasteiger partial charge in [0, 0.05) is 17.7 Å². The van der Waals surface area contributed by atoms with E-state index in [2.05, 4.69) is 17.4 Å². The summed E-state index contributed by atoms with van der Waals surface area (Å²) in [6.45, 7) is 0.583. The maximum absolute atomic E-state index is 12.4. The minimum Gasteiger partial charge on any atom is -0.506 e. The molecule has 0 aliphatic rings. The largest absolute Gasteiger partial charge is 0.506 e. The third-order valence-corrected chi connectivity index (χ3v) is 4.53. The van der Waals surface area contributed by atoms with Crippen LogP contribution in [0.2, 0.25) is 0 Å². The molecule has 0 heterocycles. The predicted octanol–water partition coefficient (Wildman–Crippen LogP) is 4.95. The van der Waals surface area contributed by atoms with Crippen molar-refractivity contribution >= 4 is 17.3 Å². The number of hydrogen-bond donors (Lipinski definition) is 2. The molecule has 7 nitrogen and oxygen atoms in total. The smallest absolute Gasteiger partial charge is 0.271 e. The SMILES string of the molecule is O=C(Nc1cc([N+](=O)[O-])ccc1O)c1ccc(OCCCCc2ccccc2)cc1. The van der Waals surface area contributed by atoms with E-state index in [9.17, 15) is 20.0 Å². The van der Waals surface area contributed by atoms with Gasteiger partial charge in [-0.3, -0.25) is 14.9 Å². The number of aromatic hydroxyl groups is 1. The second-order valence-electron chi connectivity index (χ2n) is 6.73. The fourth-order valence-corrected chi connectivity index (χ4v) is 2.90. The number of nitrogens with one attached hydrogen (secondary N) is 1. The molecule has 0 aliphatic heterocycles. The summed E-state index contributed by atoms with van der Waals surface area (Å²) in [6, 6.07) is 20.3. The summed E-state index contributed by atoms with van der Waals surface area (Å²) in [7, 11) is 0. The van der Waals surface area contributed by atoms with Crippen LogP contribution in [0.1, 0.15) is 28.8 Å². The Balaban J connectivity index is 1.48. The van der Waals surface area contributed by atoms with Gasteiger partial charge in [-0.05, 0) is 55.2 Å². The van der Waals surface area contributed by atoms with E-state index in [1.165, 1.54) is 11.6 Å². The Kier molecular flexibility index (Phi) is 7.00. The number of nitro groups is 1. The minimum atomic E-state index is -0.596. The van der Waals surface area contributed by atoms with E-state index in [1.807, 2.05) is 18.2 Å². The quantitative estimate of drug-likeness (QED) is 0.226. The monoisotopic (exact) mass is 406 g/mol. The van der Waals surface area contributed by atoms with Crippen LogP contribution in [0.4, 0.5) is 11.4 Å². The third kappa shape index (κ3) is 5.81. The van der Waals surface area contributed by atoms with E-state index in [1.54, 1.807) is 24.3 Å². The first-order valence-corrected chi connectivity index (χ1v) is 9.58. The van der Waals surface area contributed by atoms with E-state index in [4.69, 9.17) is 4.74 Å². The van der Waals surface area contributed by atoms with Crippen LogP contribution in [0.5, 0.6) is 11.5 Å². The molecule has 0 atom stereocenters. The molecule has 1 amide bonds. The molecule has 0 unspecified atom stereocenters. The highest BCUT2D eigenvalue weighted by Crippen LogP contribution is 2.28. The molecule has 0 saturated carbocycles. The lowest BCUT2D eigenvalue weighted by Crippen LogP contribution is -2.12. The molecule has 0 bridgehead atoms. The maximum Gasteiger partial charge on any atom is 0.271 e. The average Bonchev–Trinajstić information content (AvgIpc) is 2.76. The third-order valence-electron chi connectivity index (χ3n) is 4.53. The Morgan fingerprint density at radius 2 is 1.73 bits per heavy atom. The topological polar surface area (TPSA) is 102 Å². The number of non-ortho nitro benzene ring substituents is 1. The van der Waals surface area contributed by atoms with Crippen molar-refractivity contribution in [3.8, 4) is 11.5 Å². The zero-order valence-electron chi connectivity index (χ0n) is 16.3. The van der Waals surface area contributed by atoms with E-state index in [-0.39, 0.29) is 17.1 Å². The molecule has 0 saturated heterocycles. The molecular weight excluding hydrogens is 384 g/mol. The lowest BCUT2D eigenvalue weighted by Gasteiger charge is -2.09. The van der Waals surface area contributed by atoms with Crippen LogP contribution in [0, 0.1) is 10.1 Å². The lowest BCUT2D eigenvalue weighted by atomic mass is 10.1. The van der Waals surface area contributed by atoms with Crippen LogP contribution >= 0.6 is 0 Å². The molecule has 7 heteroatoms. The molecule has 30 heavy (non-hydrogen) atoms. The van der Waals surface area contributed by atoms with Crippen molar-refractivity contribution in [1.82, 2.24) is 0 Å². The van der Waals surface area contributed by atoms with Crippen molar-refractivity contribution in [2.24, 2.45) is 0 Å². The number of ether oxygens (including phenoxy) is 1. The van der Waals surface area contributed by atoms with Gasteiger partial charge in [-0.2, -0.15) is 0 Å². The highest BCUT2D eigenvalue weighted by Gasteiger charge is 2.14. The van der Waals surface area contributed by atoms with Gasteiger partial charge in [0.1, 0.15) is 11.5 Å². The Morgan fingerprint density at radius 3 is 2.43 bits per heavy atom. The molecule has 3 aromatic carbocycles. The standard InChI is InChI=1S/C23H22N2O5/c26-22-14-11-19(25(28)29)16-21(22)24-23(27)18-9-12-20(13-10-18)30-15-5-4-8-17-6-2-1-3-7-17/h1-3,6-7,9-14,16,26H,4-5,8,15H2,(H,24,27). The van der Waals surface area contributed by atoms with Crippen LogP contribution in [0.25, 0.3) is 0 Å². The van der Waals surface area contributed by atoms with Crippen molar-refractivity contribution in [3.63, 3.8) is 0 Å². The van der Waals surface area contributed by atoms with Gasteiger partial charge in [-0.25, -0.2) is 0 Å². The number of nitrogens with zero attached hydrogens (tertiary/aromatic N) is 1. The predicted molar refractivity (Wildman–Crippen MR) is 114 cm³/mol. The highest BCUT2D eigenvalue weighted by molar-refractivity contribution is 6.05. The van der Waals surface area contributed by atoms with Gasteiger partial charge < -0.3 is 15.2 Å². The lowest BCUT2D eigenvalue weighted by molar-refractivity contribution is -0.384. The van der Waals surface area contributed by atoms with Crippen molar-refractivity contribution < 1.29 is 19.6 Å². The van der Waals surface area contributed by atoms with Crippen LogP contribution < -0.4 is 10.1 Å². The Labute approximate surface area is 174 Å². The van der Waals surface area contributed by atoms with E-state index in [0.717, 1.165) is 31.4 Å². The Bertz CT molecular complexity index is 1000. The maximum atomic E-state index is 12.4. The van der Waals surface area contributed by atoms with E-state index >= 15 is 0 Å². The van der Waals surface area contributed by atoms with Crippen molar-refractivity contribution in [2.75, 3.05) is 11.9 Å². The van der Waals surface area contributed by atoms with Gasteiger partial charge in [-0.15, -0.1) is 0 Å². The summed E-state index contributed by atoms with van der Waals surface area (Å²) >= 11 is 0.